The van der Waals surface area contributed by atoms with Crippen molar-refractivity contribution in [3.05, 3.63) is 81.9 Å². The van der Waals surface area contributed by atoms with E-state index >= 15 is 0 Å². The van der Waals surface area contributed by atoms with E-state index in [0.29, 0.717) is 0 Å². The summed E-state index contributed by atoms with van der Waals surface area (Å²) in [4.78, 5) is 25.9. The van der Waals surface area contributed by atoms with Crippen LogP contribution in [0.1, 0.15) is 30.9 Å². The number of non-ortho nitro benzene ring substituents is 1. The first-order chi connectivity index (χ1) is 14.1. The van der Waals surface area contributed by atoms with Crippen molar-refractivity contribution in [1.82, 2.24) is 4.90 Å². The lowest BCUT2D eigenvalue weighted by Gasteiger charge is -2.42. The number of hydrogen-bond donors (Lipinski definition) is 0. The van der Waals surface area contributed by atoms with Gasteiger partial charge in [-0.1, -0.05) is 36.4 Å². The second kappa shape index (κ2) is 7.67. The summed E-state index contributed by atoms with van der Waals surface area (Å²) in [6, 6.07) is 15.9. The molecule has 0 unspecified atom stereocenters. The van der Waals surface area contributed by atoms with Gasteiger partial charge in [-0.05, 0) is 43.0 Å². The van der Waals surface area contributed by atoms with Crippen molar-refractivity contribution in [2.45, 2.75) is 31.5 Å². The molecule has 7 nitrogen and oxygen atoms in total. The molecular weight excluding hydrogens is 372 g/mol. The maximum atomic E-state index is 13.3. The number of nitro groups is 1. The van der Waals surface area contributed by atoms with E-state index in [4.69, 9.17) is 9.47 Å². The zero-order valence-corrected chi connectivity index (χ0v) is 16.1. The number of esters is 1. The van der Waals surface area contributed by atoms with Gasteiger partial charge in [-0.2, -0.15) is 0 Å². The topological polar surface area (TPSA) is 81.9 Å². The van der Waals surface area contributed by atoms with Crippen LogP contribution in [0.5, 0.6) is 0 Å². The largest absolute Gasteiger partial charge is 0.464 e. The summed E-state index contributed by atoms with van der Waals surface area (Å²) < 4.78 is 11.6. The first-order valence-electron chi connectivity index (χ1n) is 9.66. The summed E-state index contributed by atoms with van der Waals surface area (Å²) in [5, 5.41) is 11.0. The minimum absolute atomic E-state index is 0.0269. The molecule has 7 heteroatoms. The van der Waals surface area contributed by atoms with Crippen LogP contribution in [-0.2, 0) is 19.8 Å². The van der Waals surface area contributed by atoms with Gasteiger partial charge in [0.25, 0.3) is 5.69 Å². The molecule has 2 aromatic rings. The van der Waals surface area contributed by atoms with Crippen LogP contribution in [0.2, 0.25) is 0 Å². The molecule has 29 heavy (non-hydrogen) atoms. The lowest BCUT2D eigenvalue weighted by atomic mass is 9.86. The molecule has 0 saturated carbocycles. The molecule has 1 saturated heterocycles. The smallest absolute Gasteiger partial charge is 0.339 e. The molecule has 0 aromatic heterocycles. The number of hydrogen-bond acceptors (Lipinski definition) is 6. The predicted molar refractivity (Wildman–Crippen MR) is 107 cm³/mol. The van der Waals surface area contributed by atoms with Gasteiger partial charge >= 0.3 is 5.97 Å². The molecule has 0 amide bonds. The molecule has 150 valence electrons. The normalized spacial score (nSPS) is 23.3. The maximum absolute atomic E-state index is 13.3. The van der Waals surface area contributed by atoms with Gasteiger partial charge in [-0.25, -0.2) is 4.79 Å². The van der Waals surface area contributed by atoms with E-state index in [1.54, 1.807) is 19.1 Å². The van der Waals surface area contributed by atoms with E-state index in [0.717, 1.165) is 29.7 Å². The van der Waals surface area contributed by atoms with Crippen LogP contribution in [-0.4, -0.2) is 35.2 Å². The highest BCUT2D eigenvalue weighted by Crippen LogP contribution is 2.47. The molecule has 4 rings (SSSR count). The van der Waals surface area contributed by atoms with Crippen LogP contribution in [0.3, 0.4) is 0 Å². The molecule has 2 heterocycles. The monoisotopic (exact) mass is 394 g/mol. The van der Waals surface area contributed by atoms with Crippen LogP contribution in [0.15, 0.2) is 60.7 Å². The SMILES string of the molecule is CCOC(=O)[C@@]1(c2ccccc2)CO[C@@H]2CCC=C(c3ccc([N+](=O)[O-])cc3)N21. The van der Waals surface area contributed by atoms with Crippen molar-refractivity contribution in [2.75, 3.05) is 13.2 Å². The van der Waals surface area contributed by atoms with Crippen LogP contribution in [0.25, 0.3) is 5.70 Å². The Kier molecular flexibility index (Phi) is 5.07. The Bertz CT molecular complexity index is 941. The number of rotatable bonds is 5. The number of benzene rings is 2. The Morgan fingerprint density at radius 2 is 1.97 bits per heavy atom. The number of ether oxygens (including phenoxy) is 2. The fourth-order valence-corrected chi connectivity index (χ4v) is 4.11. The number of fused-ring (bicyclic) bond motifs is 1. The average molecular weight is 394 g/mol. The zero-order valence-electron chi connectivity index (χ0n) is 16.1. The minimum Gasteiger partial charge on any atom is -0.464 e. The highest BCUT2D eigenvalue weighted by Gasteiger charge is 2.56. The van der Waals surface area contributed by atoms with Crippen LogP contribution in [0, 0.1) is 10.1 Å². The zero-order chi connectivity index (χ0) is 20.4. The standard InChI is InChI=1S/C22H22N2O5/c1-2-28-21(25)22(17-7-4-3-5-8-17)15-29-20-10-6-9-19(23(20)22)16-11-13-18(14-12-16)24(26)27/h3-5,7-9,11-14,20H,2,6,10,15H2,1H3/t20-,22+/m1/s1. The summed E-state index contributed by atoms with van der Waals surface area (Å²) in [5.74, 6) is -0.358. The first kappa shape index (κ1) is 19.1. The second-order valence-corrected chi connectivity index (χ2v) is 7.05. The predicted octanol–water partition coefficient (Wildman–Crippen LogP) is 3.85. The average Bonchev–Trinajstić information content (AvgIpc) is 3.15. The molecule has 2 aromatic carbocycles. The molecular formula is C22H22N2O5. The molecule has 2 atom stereocenters. The number of carbonyl (C=O) groups excluding carboxylic acids is 1. The number of carbonyl (C=O) groups is 1. The lowest BCUT2D eigenvalue weighted by Crippen LogP contribution is -2.52. The third kappa shape index (κ3) is 3.17. The first-order valence-corrected chi connectivity index (χ1v) is 9.66. The van der Waals surface area contributed by atoms with Crippen molar-refractivity contribution in [2.24, 2.45) is 0 Å². The van der Waals surface area contributed by atoms with Gasteiger partial charge in [0.1, 0.15) is 6.23 Å². The summed E-state index contributed by atoms with van der Waals surface area (Å²) in [6.45, 7) is 2.24. The van der Waals surface area contributed by atoms with Gasteiger partial charge in [0.2, 0.25) is 0 Å². The van der Waals surface area contributed by atoms with E-state index in [2.05, 4.69) is 6.08 Å². The highest BCUT2D eigenvalue weighted by molar-refractivity contribution is 5.86. The summed E-state index contributed by atoms with van der Waals surface area (Å²) >= 11 is 0. The van der Waals surface area contributed by atoms with Gasteiger partial charge in [0.05, 0.1) is 18.1 Å². The summed E-state index contributed by atoms with van der Waals surface area (Å²) in [5.41, 5.74) is 1.35. The molecule has 1 fully saturated rings. The van der Waals surface area contributed by atoms with E-state index in [1.807, 2.05) is 35.2 Å². The number of nitro benzene ring substituents is 1. The molecule has 2 aliphatic rings. The summed E-state index contributed by atoms with van der Waals surface area (Å²) in [7, 11) is 0. The minimum atomic E-state index is -1.10. The Hall–Kier alpha value is -3.19. The van der Waals surface area contributed by atoms with Crippen molar-refractivity contribution in [3.8, 4) is 0 Å². The molecule has 2 aliphatic heterocycles. The molecule has 0 N–H and O–H groups in total. The highest BCUT2D eigenvalue weighted by atomic mass is 16.6. The van der Waals surface area contributed by atoms with E-state index in [9.17, 15) is 14.9 Å². The molecule has 0 aliphatic carbocycles. The second-order valence-electron chi connectivity index (χ2n) is 7.05. The quantitative estimate of drug-likeness (QED) is 0.435. The lowest BCUT2D eigenvalue weighted by molar-refractivity contribution is -0.384. The maximum Gasteiger partial charge on any atom is 0.339 e. The fourth-order valence-electron chi connectivity index (χ4n) is 4.11. The molecule has 0 spiro atoms. The molecule has 0 radical (unpaired) electrons. The van der Waals surface area contributed by atoms with Crippen molar-refractivity contribution < 1.29 is 19.2 Å². The van der Waals surface area contributed by atoms with E-state index in [1.165, 1.54) is 12.1 Å². The Labute approximate surface area is 168 Å². The number of allylic oxidation sites excluding steroid dienone is 1. The fraction of sp³-hybridized carbons (Fsp3) is 0.318. The Morgan fingerprint density at radius 3 is 2.62 bits per heavy atom. The van der Waals surface area contributed by atoms with Crippen LogP contribution >= 0.6 is 0 Å². The third-order valence-electron chi connectivity index (χ3n) is 5.43. The van der Waals surface area contributed by atoms with Crippen LogP contribution < -0.4 is 0 Å². The Morgan fingerprint density at radius 1 is 1.24 bits per heavy atom. The van der Waals surface area contributed by atoms with Crippen molar-refractivity contribution in [3.63, 3.8) is 0 Å². The summed E-state index contributed by atoms with van der Waals surface area (Å²) in [6.07, 6.45) is 3.34. The van der Waals surface area contributed by atoms with Gasteiger partial charge in [0, 0.05) is 17.8 Å². The van der Waals surface area contributed by atoms with Crippen molar-refractivity contribution in [1.29, 1.82) is 0 Å². The number of nitrogens with zero attached hydrogens (tertiary/aromatic N) is 2. The van der Waals surface area contributed by atoms with Gasteiger partial charge in [-0.15, -0.1) is 0 Å². The van der Waals surface area contributed by atoms with E-state index in [-0.39, 0.29) is 31.1 Å². The van der Waals surface area contributed by atoms with Gasteiger partial charge in [-0.3, -0.25) is 10.1 Å². The Balaban J connectivity index is 1.83. The van der Waals surface area contributed by atoms with Gasteiger partial charge in [0.15, 0.2) is 5.54 Å². The van der Waals surface area contributed by atoms with Gasteiger partial charge < -0.3 is 14.4 Å². The van der Waals surface area contributed by atoms with Crippen LogP contribution in [0.4, 0.5) is 5.69 Å². The molecule has 0 bridgehead atoms. The van der Waals surface area contributed by atoms with E-state index < -0.39 is 10.5 Å². The van der Waals surface area contributed by atoms with Crippen molar-refractivity contribution >= 4 is 17.4 Å². The third-order valence-corrected chi connectivity index (χ3v) is 5.43.